The quantitative estimate of drug-likeness (QED) is 0.590. The lowest BCUT2D eigenvalue weighted by atomic mass is 9.89. The van der Waals surface area contributed by atoms with E-state index in [9.17, 15) is 15.0 Å². The van der Waals surface area contributed by atoms with Crippen molar-refractivity contribution in [3.63, 3.8) is 0 Å². The highest BCUT2D eigenvalue weighted by Crippen LogP contribution is 2.29. The van der Waals surface area contributed by atoms with Gasteiger partial charge in [-0.15, -0.1) is 0 Å². The topological polar surface area (TPSA) is 149 Å². The molecule has 10 nitrogen and oxygen atoms in total. The number of aliphatic hydroxyl groups is 2. The average Bonchev–Trinajstić information content (AvgIpc) is 3.10. The first-order chi connectivity index (χ1) is 12.4. The van der Waals surface area contributed by atoms with Crippen LogP contribution in [0.2, 0.25) is 0 Å². The summed E-state index contributed by atoms with van der Waals surface area (Å²) in [6.45, 7) is 2.17. The lowest BCUT2D eigenvalue weighted by Gasteiger charge is -2.26. The fourth-order valence-corrected chi connectivity index (χ4v) is 3.60. The summed E-state index contributed by atoms with van der Waals surface area (Å²) in [5, 5.41) is 22.4. The number of aliphatic hydroxyl groups excluding tert-OH is 2. The van der Waals surface area contributed by atoms with Crippen LogP contribution in [0.4, 0.5) is 5.82 Å². The molecular formula is C16H23N5O5. The van der Waals surface area contributed by atoms with E-state index >= 15 is 0 Å². The number of aromatic nitrogens is 4. The highest BCUT2D eigenvalue weighted by atomic mass is 16.5. The summed E-state index contributed by atoms with van der Waals surface area (Å²) < 4.78 is 12.5. The summed E-state index contributed by atoms with van der Waals surface area (Å²) in [4.78, 5) is 20.7. The van der Waals surface area contributed by atoms with E-state index in [0.29, 0.717) is 5.92 Å². The molecule has 0 bridgehead atoms. The highest BCUT2D eigenvalue weighted by molar-refractivity contribution is 5.85. The lowest BCUT2D eigenvalue weighted by molar-refractivity contribution is -0.0235. The highest BCUT2D eigenvalue weighted by Gasteiger charge is 2.38. The summed E-state index contributed by atoms with van der Waals surface area (Å²) in [5.41, 5.74) is 5.63. The molecule has 1 saturated carbocycles. The van der Waals surface area contributed by atoms with Gasteiger partial charge in [0.05, 0.1) is 6.61 Å². The Balaban J connectivity index is 1.69. The summed E-state index contributed by atoms with van der Waals surface area (Å²) in [6.07, 6.45) is 0.805. The number of hydrogen-bond acceptors (Lipinski definition) is 8. The SMILES string of the molecule is CC1CCC(Oc2nc(N)c3c(=O)[nH]n(C4OC[C@@H](O)[C@H]4O)c3n2)CC1. The summed E-state index contributed by atoms with van der Waals surface area (Å²) >= 11 is 0. The van der Waals surface area contributed by atoms with Crippen LogP contribution in [0.3, 0.4) is 0 Å². The van der Waals surface area contributed by atoms with Crippen LogP contribution in [0, 0.1) is 5.92 Å². The number of fused-ring (bicyclic) bond motifs is 1. The molecule has 0 radical (unpaired) electrons. The van der Waals surface area contributed by atoms with Crippen LogP contribution in [0.1, 0.15) is 38.8 Å². The summed E-state index contributed by atoms with van der Waals surface area (Å²) in [6, 6.07) is 0.0929. The van der Waals surface area contributed by atoms with Gasteiger partial charge in [-0.05, 0) is 31.6 Å². The van der Waals surface area contributed by atoms with Gasteiger partial charge in [0, 0.05) is 0 Å². The van der Waals surface area contributed by atoms with E-state index in [1.807, 2.05) is 0 Å². The van der Waals surface area contributed by atoms with Crippen LogP contribution in [0.15, 0.2) is 4.79 Å². The number of H-pyrrole nitrogens is 1. The first kappa shape index (κ1) is 17.3. The van der Waals surface area contributed by atoms with Gasteiger partial charge in [-0.2, -0.15) is 9.97 Å². The van der Waals surface area contributed by atoms with Gasteiger partial charge >= 0.3 is 6.01 Å². The van der Waals surface area contributed by atoms with Crippen molar-refractivity contribution in [2.45, 2.75) is 57.1 Å². The fourth-order valence-electron chi connectivity index (χ4n) is 3.60. The van der Waals surface area contributed by atoms with Crippen molar-refractivity contribution in [1.82, 2.24) is 19.7 Å². The van der Waals surface area contributed by atoms with Crippen LogP contribution >= 0.6 is 0 Å². The Bertz CT molecular complexity index is 857. The van der Waals surface area contributed by atoms with Gasteiger partial charge < -0.3 is 25.4 Å². The van der Waals surface area contributed by atoms with E-state index in [4.69, 9.17) is 15.2 Å². The smallest absolute Gasteiger partial charge is 0.320 e. The minimum Gasteiger partial charge on any atom is -0.460 e. The molecule has 1 aliphatic carbocycles. The maximum absolute atomic E-state index is 12.2. The molecule has 0 spiro atoms. The van der Waals surface area contributed by atoms with Crippen LogP contribution in [0.5, 0.6) is 6.01 Å². The predicted octanol–water partition coefficient (Wildman–Crippen LogP) is -0.0901. The van der Waals surface area contributed by atoms with Crippen molar-refractivity contribution in [3.8, 4) is 6.01 Å². The van der Waals surface area contributed by atoms with Crippen molar-refractivity contribution in [1.29, 1.82) is 0 Å². The van der Waals surface area contributed by atoms with Crippen molar-refractivity contribution in [3.05, 3.63) is 10.4 Å². The molecule has 142 valence electrons. The molecule has 26 heavy (non-hydrogen) atoms. The Morgan fingerprint density at radius 1 is 1.27 bits per heavy atom. The minimum atomic E-state index is -1.19. The van der Waals surface area contributed by atoms with Gasteiger partial charge in [0.1, 0.15) is 29.5 Å². The minimum absolute atomic E-state index is 0.00205. The average molecular weight is 365 g/mol. The number of nitrogens with one attached hydrogen (secondary N) is 1. The third-order valence-electron chi connectivity index (χ3n) is 5.19. The number of nitrogen functional groups attached to an aromatic ring is 1. The number of rotatable bonds is 3. The molecule has 1 unspecified atom stereocenters. The van der Waals surface area contributed by atoms with Crippen molar-refractivity contribution < 1.29 is 19.7 Å². The molecule has 4 rings (SSSR count). The molecule has 1 saturated heterocycles. The maximum atomic E-state index is 12.2. The zero-order valence-corrected chi connectivity index (χ0v) is 14.5. The molecule has 3 atom stereocenters. The van der Waals surface area contributed by atoms with E-state index in [0.717, 1.165) is 25.7 Å². The number of nitrogens with zero attached hydrogens (tertiary/aromatic N) is 3. The van der Waals surface area contributed by atoms with Crippen LogP contribution in [-0.2, 0) is 4.74 Å². The van der Waals surface area contributed by atoms with Crippen molar-refractivity contribution in [2.24, 2.45) is 5.92 Å². The largest absolute Gasteiger partial charge is 0.460 e. The van der Waals surface area contributed by atoms with Gasteiger partial charge in [-0.3, -0.25) is 9.89 Å². The predicted molar refractivity (Wildman–Crippen MR) is 91.6 cm³/mol. The van der Waals surface area contributed by atoms with E-state index in [1.165, 1.54) is 4.68 Å². The molecule has 5 N–H and O–H groups in total. The molecule has 2 aromatic heterocycles. The third-order valence-corrected chi connectivity index (χ3v) is 5.19. The van der Waals surface area contributed by atoms with Gasteiger partial charge in [0.15, 0.2) is 11.9 Å². The van der Waals surface area contributed by atoms with E-state index in [2.05, 4.69) is 22.0 Å². The Hall–Kier alpha value is -2.17. The Labute approximate surface area is 148 Å². The second-order valence-electron chi connectivity index (χ2n) is 7.18. The molecule has 10 heteroatoms. The molecule has 2 fully saturated rings. The standard InChI is InChI=1S/C16H23N5O5/c1-7-2-4-8(5-3-7)26-16-18-12(17)10-13(19-16)21(20-14(10)24)15-11(23)9(22)6-25-15/h7-9,11,15,22-23H,2-6H2,1H3,(H,20,24)(H2,17,18,19)/t7?,8?,9-,11-,15?/m1/s1. The number of aromatic amines is 1. The number of nitrogens with two attached hydrogens (primary N) is 1. The van der Waals surface area contributed by atoms with Crippen molar-refractivity contribution >= 4 is 16.9 Å². The molecule has 1 aliphatic heterocycles. The second-order valence-corrected chi connectivity index (χ2v) is 7.18. The molecule has 0 amide bonds. The Morgan fingerprint density at radius 3 is 2.65 bits per heavy atom. The second kappa shape index (κ2) is 6.53. The molecular weight excluding hydrogens is 342 g/mol. The van der Waals surface area contributed by atoms with Crippen molar-refractivity contribution in [2.75, 3.05) is 12.3 Å². The zero-order chi connectivity index (χ0) is 18.4. The Kier molecular flexibility index (Phi) is 4.33. The normalized spacial score (nSPS) is 32.2. The first-order valence-corrected chi connectivity index (χ1v) is 8.86. The van der Waals surface area contributed by atoms with Gasteiger partial charge in [-0.25, -0.2) is 4.68 Å². The fraction of sp³-hybridized carbons (Fsp3) is 0.688. The third kappa shape index (κ3) is 2.93. The molecule has 2 aliphatic rings. The zero-order valence-electron chi connectivity index (χ0n) is 14.5. The first-order valence-electron chi connectivity index (χ1n) is 8.86. The maximum Gasteiger partial charge on any atom is 0.320 e. The van der Waals surface area contributed by atoms with E-state index < -0.39 is 24.0 Å². The van der Waals surface area contributed by atoms with Crippen LogP contribution in [0.25, 0.3) is 11.0 Å². The molecule has 3 heterocycles. The van der Waals surface area contributed by atoms with E-state index in [-0.39, 0.29) is 35.6 Å². The lowest BCUT2D eigenvalue weighted by Crippen LogP contribution is -2.29. The van der Waals surface area contributed by atoms with E-state index in [1.54, 1.807) is 0 Å². The molecule has 0 aromatic carbocycles. The van der Waals surface area contributed by atoms with Crippen LogP contribution in [-0.4, -0.2) is 54.9 Å². The summed E-state index contributed by atoms with van der Waals surface area (Å²) in [7, 11) is 0. The summed E-state index contributed by atoms with van der Waals surface area (Å²) in [5.74, 6) is 0.688. The number of ether oxygens (including phenoxy) is 2. The van der Waals surface area contributed by atoms with Gasteiger partial charge in [-0.1, -0.05) is 6.92 Å². The number of hydrogen-bond donors (Lipinski definition) is 4. The Morgan fingerprint density at radius 2 is 2.00 bits per heavy atom. The molecule has 2 aromatic rings. The van der Waals surface area contributed by atoms with Gasteiger partial charge in [0.2, 0.25) is 0 Å². The van der Waals surface area contributed by atoms with Gasteiger partial charge in [0.25, 0.3) is 5.56 Å². The monoisotopic (exact) mass is 365 g/mol. The number of anilines is 1. The van der Waals surface area contributed by atoms with Crippen LogP contribution < -0.4 is 16.0 Å².